The van der Waals surface area contributed by atoms with Crippen LogP contribution in [0.5, 0.6) is 0 Å². The Morgan fingerprint density at radius 1 is 1.53 bits per heavy atom. The minimum absolute atomic E-state index is 0.0325. The zero-order valence-corrected chi connectivity index (χ0v) is 9.50. The van der Waals surface area contributed by atoms with E-state index in [1.54, 1.807) is 4.68 Å². The zero-order chi connectivity index (χ0) is 11.3. The van der Waals surface area contributed by atoms with E-state index in [0.29, 0.717) is 13.1 Å². The van der Waals surface area contributed by atoms with Crippen LogP contribution in [0.4, 0.5) is 0 Å². The van der Waals surface area contributed by atoms with Gasteiger partial charge in [-0.05, 0) is 6.07 Å². The second-order valence-electron chi connectivity index (χ2n) is 3.35. The fraction of sp³-hybridized carbons (Fsp3) is 0.625. The first kappa shape index (κ1) is 12.2. The molecule has 3 N–H and O–H groups in total. The maximum Gasteiger partial charge on any atom is 0.210 e. The molecule has 0 spiro atoms. The van der Waals surface area contributed by atoms with Gasteiger partial charge in [-0.25, -0.2) is 13.6 Å². The number of aromatic nitrogens is 2. The van der Waals surface area contributed by atoms with Crippen molar-refractivity contribution < 1.29 is 8.42 Å². The average Bonchev–Trinajstić information content (AvgIpc) is 2.49. The van der Waals surface area contributed by atoms with E-state index in [0.717, 1.165) is 12.1 Å². The number of aryl methyl sites for hydroxylation is 1. The summed E-state index contributed by atoms with van der Waals surface area (Å²) in [6.07, 6.45) is 2.66. The summed E-state index contributed by atoms with van der Waals surface area (Å²) in [5.74, 6) is -0.0325. The van der Waals surface area contributed by atoms with Gasteiger partial charge in [0.05, 0.1) is 11.4 Å². The van der Waals surface area contributed by atoms with Crippen LogP contribution < -0.4 is 10.5 Å². The predicted octanol–water partition coefficient (Wildman–Crippen LogP) is -1.16. The van der Waals surface area contributed by atoms with Crippen molar-refractivity contribution in [2.24, 2.45) is 12.2 Å². The number of sulfonamides is 1. The van der Waals surface area contributed by atoms with Crippen molar-refractivity contribution >= 4 is 10.0 Å². The van der Waals surface area contributed by atoms with Gasteiger partial charge in [0, 0.05) is 32.8 Å². The smallest absolute Gasteiger partial charge is 0.210 e. The summed E-state index contributed by atoms with van der Waals surface area (Å²) < 4.78 is 22.9. The number of nitrogens with zero attached hydrogens (tertiary/aromatic N) is 2. The summed E-state index contributed by atoms with van der Waals surface area (Å²) >= 11 is 0. The molecule has 1 rings (SSSR count). The molecule has 0 aliphatic carbocycles. The van der Waals surface area contributed by atoms with Crippen molar-refractivity contribution in [3.63, 3.8) is 0 Å². The van der Waals surface area contributed by atoms with Crippen LogP contribution in [0.1, 0.15) is 5.69 Å². The molecule has 0 fully saturated rings. The van der Waals surface area contributed by atoms with E-state index in [1.807, 2.05) is 19.3 Å². The van der Waals surface area contributed by atoms with Gasteiger partial charge in [0.1, 0.15) is 0 Å². The Labute approximate surface area is 89.5 Å². The maximum absolute atomic E-state index is 10.6. The Morgan fingerprint density at radius 2 is 2.27 bits per heavy atom. The molecule has 7 heteroatoms. The van der Waals surface area contributed by atoms with Gasteiger partial charge in [-0.1, -0.05) is 0 Å². The van der Waals surface area contributed by atoms with Crippen molar-refractivity contribution in [1.29, 1.82) is 0 Å². The summed E-state index contributed by atoms with van der Waals surface area (Å²) in [5, 5.41) is 12.0. The molecule has 1 aromatic rings. The molecule has 0 atom stereocenters. The Kier molecular flexibility index (Phi) is 4.25. The quantitative estimate of drug-likeness (QED) is 0.605. The average molecular weight is 232 g/mol. The molecule has 0 bridgehead atoms. The maximum atomic E-state index is 10.6. The van der Waals surface area contributed by atoms with Crippen LogP contribution in [0.25, 0.3) is 0 Å². The van der Waals surface area contributed by atoms with E-state index >= 15 is 0 Å². The first-order valence-corrected chi connectivity index (χ1v) is 6.38. The topological polar surface area (TPSA) is 90.0 Å². The SMILES string of the molecule is Cn1ccc(CCNCCS(N)(=O)=O)n1. The molecule has 0 aliphatic rings. The molecule has 0 unspecified atom stereocenters. The number of hydrogen-bond donors (Lipinski definition) is 2. The molecule has 15 heavy (non-hydrogen) atoms. The fourth-order valence-electron chi connectivity index (χ4n) is 1.15. The molecule has 0 aromatic carbocycles. The number of nitrogens with two attached hydrogens (primary N) is 1. The van der Waals surface area contributed by atoms with Crippen LogP contribution in [0.2, 0.25) is 0 Å². The van der Waals surface area contributed by atoms with Crippen molar-refractivity contribution in [3.8, 4) is 0 Å². The molecular formula is C8H16N4O2S. The first-order chi connectivity index (χ1) is 6.97. The molecule has 86 valence electrons. The van der Waals surface area contributed by atoms with Crippen LogP contribution in [0, 0.1) is 0 Å². The van der Waals surface area contributed by atoms with E-state index in [9.17, 15) is 8.42 Å². The highest BCUT2D eigenvalue weighted by Gasteiger charge is 2.01. The standard InChI is InChI=1S/C8H16N4O2S/c1-12-6-3-8(11-12)2-4-10-5-7-15(9,13)14/h3,6,10H,2,4-5,7H2,1H3,(H2,9,13,14). The van der Waals surface area contributed by atoms with Crippen molar-refractivity contribution in [2.45, 2.75) is 6.42 Å². The van der Waals surface area contributed by atoms with Gasteiger partial charge in [-0.3, -0.25) is 4.68 Å². The van der Waals surface area contributed by atoms with Gasteiger partial charge >= 0.3 is 0 Å². The third kappa shape index (κ3) is 5.50. The molecule has 0 aliphatic heterocycles. The molecule has 0 saturated carbocycles. The van der Waals surface area contributed by atoms with Crippen molar-refractivity contribution in [1.82, 2.24) is 15.1 Å². The van der Waals surface area contributed by atoms with Crippen LogP contribution in [-0.2, 0) is 23.5 Å². The highest BCUT2D eigenvalue weighted by Crippen LogP contribution is 1.93. The predicted molar refractivity (Wildman–Crippen MR) is 57.8 cm³/mol. The first-order valence-electron chi connectivity index (χ1n) is 4.67. The zero-order valence-electron chi connectivity index (χ0n) is 8.68. The van der Waals surface area contributed by atoms with E-state index in [1.165, 1.54) is 0 Å². The minimum Gasteiger partial charge on any atom is -0.315 e. The van der Waals surface area contributed by atoms with Gasteiger partial charge in [0.15, 0.2) is 0 Å². The Balaban J connectivity index is 2.12. The Hall–Kier alpha value is -0.920. The number of rotatable bonds is 6. The molecular weight excluding hydrogens is 216 g/mol. The largest absolute Gasteiger partial charge is 0.315 e. The third-order valence-corrected chi connectivity index (χ3v) is 2.66. The Morgan fingerprint density at radius 3 is 2.80 bits per heavy atom. The second kappa shape index (κ2) is 5.24. The van der Waals surface area contributed by atoms with E-state index in [4.69, 9.17) is 5.14 Å². The lowest BCUT2D eigenvalue weighted by atomic mass is 10.3. The highest BCUT2D eigenvalue weighted by atomic mass is 32.2. The highest BCUT2D eigenvalue weighted by molar-refractivity contribution is 7.89. The monoisotopic (exact) mass is 232 g/mol. The van der Waals surface area contributed by atoms with Crippen LogP contribution in [-0.4, -0.2) is 37.0 Å². The van der Waals surface area contributed by atoms with E-state index in [-0.39, 0.29) is 5.75 Å². The molecule has 0 radical (unpaired) electrons. The van der Waals surface area contributed by atoms with Gasteiger partial charge < -0.3 is 5.32 Å². The molecule has 1 aromatic heterocycles. The summed E-state index contributed by atoms with van der Waals surface area (Å²) in [6, 6.07) is 1.93. The lowest BCUT2D eigenvalue weighted by Gasteiger charge is -2.01. The fourth-order valence-corrected chi connectivity index (χ4v) is 1.58. The van der Waals surface area contributed by atoms with Crippen LogP contribution >= 0.6 is 0 Å². The minimum atomic E-state index is -3.35. The molecule has 6 nitrogen and oxygen atoms in total. The third-order valence-electron chi connectivity index (χ3n) is 1.89. The van der Waals surface area contributed by atoms with Gasteiger partial charge in [0.2, 0.25) is 10.0 Å². The van der Waals surface area contributed by atoms with E-state index in [2.05, 4.69) is 10.4 Å². The van der Waals surface area contributed by atoms with E-state index < -0.39 is 10.0 Å². The van der Waals surface area contributed by atoms with Crippen molar-refractivity contribution in [2.75, 3.05) is 18.8 Å². The summed E-state index contributed by atoms with van der Waals surface area (Å²) in [7, 11) is -1.49. The number of nitrogens with one attached hydrogen (secondary N) is 1. The number of hydrogen-bond acceptors (Lipinski definition) is 4. The summed E-state index contributed by atoms with van der Waals surface area (Å²) in [6.45, 7) is 1.08. The van der Waals surface area contributed by atoms with Crippen LogP contribution in [0.3, 0.4) is 0 Å². The van der Waals surface area contributed by atoms with Gasteiger partial charge in [0.25, 0.3) is 0 Å². The lowest BCUT2D eigenvalue weighted by molar-refractivity contribution is 0.592. The molecule has 0 saturated heterocycles. The van der Waals surface area contributed by atoms with Crippen LogP contribution in [0.15, 0.2) is 12.3 Å². The normalized spacial score (nSPS) is 11.9. The van der Waals surface area contributed by atoms with Gasteiger partial charge in [-0.2, -0.15) is 5.10 Å². The Bertz CT molecular complexity index is 399. The molecule has 0 amide bonds. The molecule has 1 heterocycles. The summed E-state index contributed by atoms with van der Waals surface area (Å²) in [5.41, 5.74) is 0.987. The number of primary sulfonamides is 1. The second-order valence-corrected chi connectivity index (χ2v) is 5.08. The van der Waals surface area contributed by atoms with Crippen molar-refractivity contribution in [3.05, 3.63) is 18.0 Å². The summed E-state index contributed by atoms with van der Waals surface area (Å²) in [4.78, 5) is 0. The lowest BCUT2D eigenvalue weighted by Crippen LogP contribution is -2.28. The van der Waals surface area contributed by atoms with Gasteiger partial charge in [-0.15, -0.1) is 0 Å².